The van der Waals surface area contributed by atoms with E-state index in [0.29, 0.717) is 0 Å². The van der Waals surface area contributed by atoms with E-state index in [1.807, 2.05) is 0 Å². The van der Waals surface area contributed by atoms with Gasteiger partial charge in [0.2, 0.25) is 0 Å². The van der Waals surface area contributed by atoms with Crippen LogP contribution in [0, 0.1) is 0 Å². The Balaban J connectivity index is 0.850. The smallest absolute Gasteiger partial charge is 0.0714 e. The first-order valence-electron chi connectivity index (χ1n) is 28.5. The predicted octanol–water partition coefficient (Wildman–Crippen LogP) is 20.3. The third kappa shape index (κ3) is 7.01. The lowest BCUT2D eigenvalue weighted by Crippen LogP contribution is -2.28. The van der Waals surface area contributed by atoms with Gasteiger partial charge < -0.3 is 9.47 Å². The minimum Gasteiger partial charge on any atom is -0.310 e. The van der Waals surface area contributed by atoms with E-state index in [2.05, 4.69) is 337 Å². The maximum Gasteiger partial charge on any atom is 0.0714 e. The van der Waals surface area contributed by atoms with Crippen molar-refractivity contribution in [3.63, 3.8) is 0 Å². The monoisotopic (exact) mass is 1040 g/mol. The van der Waals surface area contributed by atoms with Gasteiger partial charge in [-0.05, 0) is 132 Å². The molecule has 0 saturated heterocycles. The van der Waals surface area contributed by atoms with Crippen molar-refractivity contribution in [2.75, 3.05) is 4.90 Å². The molecule has 2 aliphatic carbocycles. The van der Waals surface area contributed by atoms with Crippen LogP contribution in [-0.4, -0.2) is 4.57 Å². The van der Waals surface area contributed by atoms with Crippen LogP contribution >= 0.6 is 0 Å². The molecule has 1 heterocycles. The second kappa shape index (κ2) is 19.1. The molecular formula is C80H54N2. The largest absolute Gasteiger partial charge is 0.310 e. The first kappa shape index (κ1) is 47.5. The lowest BCUT2D eigenvalue weighted by Gasteiger charge is -2.34. The highest BCUT2D eigenvalue weighted by molar-refractivity contribution is 6.11. The van der Waals surface area contributed by atoms with Crippen molar-refractivity contribution in [2.24, 2.45) is 0 Å². The van der Waals surface area contributed by atoms with E-state index in [0.717, 1.165) is 39.3 Å². The van der Waals surface area contributed by atoms with Gasteiger partial charge in [0, 0.05) is 33.3 Å². The second-order valence-corrected chi connectivity index (χ2v) is 21.8. The van der Waals surface area contributed by atoms with Crippen molar-refractivity contribution in [3.8, 4) is 50.2 Å². The van der Waals surface area contributed by atoms with Crippen molar-refractivity contribution in [1.82, 2.24) is 4.57 Å². The Morgan fingerprint density at radius 3 is 1.40 bits per heavy atom. The van der Waals surface area contributed by atoms with E-state index >= 15 is 0 Å². The predicted molar refractivity (Wildman–Crippen MR) is 341 cm³/mol. The van der Waals surface area contributed by atoms with E-state index in [9.17, 15) is 0 Å². The molecule has 82 heavy (non-hydrogen) atoms. The molecule has 0 atom stereocenters. The highest BCUT2D eigenvalue weighted by Gasteiger charge is 2.48. The summed E-state index contributed by atoms with van der Waals surface area (Å²) in [5, 5.41) is 2.46. The molecule has 0 radical (unpaired) electrons. The molecule has 1 aromatic heterocycles. The highest BCUT2D eigenvalue weighted by atomic mass is 15.1. The molecule has 14 aromatic rings. The Morgan fingerprint density at radius 2 is 0.732 bits per heavy atom. The molecule has 0 fully saturated rings. The molecule has 13 aromatic carbocycles. The van der Waals surface area contributed by atoms with Gasteiger partial charge >= 0.3 is 0 Å². The molecule has 0 unspecified atom stereocenters. The molecule has 0 aliphatic heterocycles. The highest BCUT2D eigenvalue weighted by Crippen LogP contribution is 2.60. The SMILES string of the molecule is c1ccc(N(c2ccc3c(c2)-c2ccccc2C3(c2ccccc2)c2ccccc2)c2ccccc2-c2cccc(-c3ccc4c5ccccc5n(-c5cccc6c5-c5ccccc5C6(c5ccccc5)c5ccccc5)c4c3)c2)cc1. The van der Waals surface area contributed by atoms with E-state index in [1.165, 1.54) is 94.3 Å². The van der Waals surface area contributed by atoms with Crippen LogP contribution in [0.3, 0.4) is 0 Å². The molecule has 16 rings (SSSR count). The summed E-state index contributed by atoms with van der Waals surface area (Å²) in [7, 11) is 0. The molecule has 0 N–H and O–H groups in total. The van der Waals surface area contributed by atoms with Crippen molar-refractivity contribution in [3.05, 3.63) is 372 Å². The topological polar surface area (TPSA) is 8.17 Å². The quantitative estimate of drug-likeness (QED) is 0.133. The number of hydrogen-bond donors (Lipinski definition) is 0. The summed E-state index contributed by atoms with van der Waals surface area (Å²) in [6.07, 6.45) is 0. The normalized spacial score (nSPS) is 13.3. The number of nitrogens with zero attached hydrogens (tertiary/aromatic N) is 2. The Bertz CT molecular complexity index is 4650. The summed E-state index contributed by atoms with van der Waals surface area (Å²) >= 11 is 0. The van der Waals surface area contributed by atoms with Gasteiger partial charge in [-0.3, -0.25) is 0 Å². The average Bonchev–Trinajstić information content (AvgIpc) is 2.23. The van der Waals surface area contributed by atoms with Gasteiger partial charge in [-0.15, -0.1) is 0 Å². The molecule has 384 valence electrons. The maximum absolute atomic E-state index is 2.53. The standard InChI is InChI=1S/C80H54N2/c1-6-28-58(29-7-1)79(59-30-8-2-9-31-59)70-42-20-16-39-65(70)69-54-63(49-51-72(69)79)81(62-36-14-5-15-37-62)74-45-22-18-38-64(74)57-27-24-26-55(52-57)56-48-50-67-66-40-19-23-46-75(66)82(77(67)53-56)76-47-25-44-73-78(76)68-41-17-21-43-71(68)80(73,60-32-10-3-11-33-60)61-34-12-4-13-35-61/h1-54H. The minimum absolute atomic E-state index is 0.483. The number of rotatable bonds is 10. The number of anilines is 3. The van der Waals surface area contributed by atoms with Gasteiger partial charge in [0.05, 0.1) is 33.2 Å². The summed E-state index contributed by atoms with van der Waals surface area (Å²) < 4.78 is 2.53. The van der Waals surface area contributed by atoms with E-state index in [-0.39, 0.29) is 0 Å². The van der Waals surface area contributed by atoms with Gasteiger partial charge in [0.15, 0.2) is 0 Å². The lowest BCUT2D eigenvalue weighted by atomic mass is 9.68. The summed E-state index contributed by atoms with van der Waals surface area (Å²) in [4.78, 5) is 2.45. The first-order valence-corrected chi connectivity index (χ1v) is 28.5. The van der Waals surface area contributed by atoms with Gasteiger partial charge in [-0.1, -0.05) is 273 Å². The van der Waals surface area contributed by atoms with Crippen LogP contribution in [-0.2, 0) is 10.8 Å². The Kier molecular flexibility index (Phi) is 11.0. The Morgan fingerprint density at radius 1 is 0.256 bits per heavy atom. The number of benzene rings is 13. The van der Waals surface area contributed by atoms with Gasteiger partial charge in [0.25, 0.3) is 0 Å². The molecule has 0 amide bonds. The molecule has 0 bridgehead atoms. The molecular weight excluding hydrogens is 989 g/mol. The molecule has 0 saturated carbocycles. The summed E-state index contributed by atoms with van der Waals surface area (Å²) in [6, 6.07) is 121. The Labute approximate surface area is 478 Å². The van der Waals surface area contributed by atoms with E-state index in [1.54, 1.807) is 0 Å². The zero-order valence-corrected chi connectivity index (χ0v) is 45.1. The van der Waals surface area contributed by atoms with Crippen LogP contribution in [0.1, 0.15) is 44.5 Å². The van der Waals surface area contributed by atoms with Gasteiger partial charge in [0.1, 0.15) is 0 Å². The number of aromatic nitrogens is 1. The summed E-state index contributed by atoms with van der Waals surface area (Å²) in [5.74, 6) is 0. The average molecular weight is 1040 g/mol. The molecule has 2 heteroatoms. The number of hydrogen-bond acceptors (Lipinski definition) is 1. The third-order valence-electron chi connectivity index (χ3n) is 17.7. The van der Waals surface area contributed by atoms with Crippen molar-refractivity contribution >= 4 is 38.9 Å². The van der Waals surface area contributed by atoms with Crippen molar-refractivity contribution in [2.45, 2.75) is 10.8 Å². The summed E-state index contributed by atoms with van der Waals surface area (Å²) in [6.45, 7) is 0. The molecule has 0 spiro atoms. The zero-order valence-electron chi connectivity index (χ0n) is 45.1. The van der Waals surface area contributed by atoms with Crippen LogP contribution in [0.15, 0.2) is 328 Å². The number of para-hydroxylation sites is 3. The van der Waals surface area contributed by atoms with Crippen LogP contribution in [0.25, 0.3) is 72.0 Å². The van der Waals surface area contributed by atoms with Gasteiger partial charge in [-0.2, -0.15) is 0 Å². The fourth-order valence-electron chi connectivity index (χ4n) is 14.4. The van der Waals surface area contributed by atoms with E-state index in [4.69, 9.17) is 0 Å². The van der Waals surface area contributed by atoms with Crippen molar-refractivity contribution in [1.29, 1.82) is 0 Å². The van der Waals surface area contributed by atoms with Crippen LogP contribution < -0.4 is 4.90 Å². The summed E-state index contributed by atoms with van der Waals surface area (Å²) in [5.41, 5.74) is 25.6. The second-order valence-electron chi connectivity index (χ2n) is 21.8. The Hall–Kier alpha value is -10.5. The lowest BCUT2D eigenvalue weighted by molar-refractivity contribution is 0.768. The van der Waals surface area contributed by atoms with Crippen LogP contribution in [0.2, 0.25) is 0 Å². The first-order chi connectivity index (χ1) is 40.7. The zero-order chi connectivity index (χ0) is 54.2. The van der Waals surface area contributed by atoms with Gasteiger partial charge in [-0.25, -0.2) is 0 Å². The minimum atomic E-state index is -0.510. The van der Waals surface area contributed by atoms with Crippen LogP contribution in [0.5, 0.6) is 0 Å². The van der Waals surface area contributed by atoms with E-state index < -0.39 is 10.8 Å². The fraction of sp³-hybridized carbons (Fsp3) is 0.0250. The molecule has 2 aliphatic rings. The van der Waals surface area contributed by atoms with Crippen molar-refractivity contribution < 1.29 is 0 Å². The maximum atomic E-state index is 2.53. The fourth-order valence-corrected chi connectivity index (χ4v) is 14.4. The van der Waals surface area contributed by atoms with Crippen LogP contribution in [0.4, 0.5) is 17.1 Å². The molecule has 2 nitrogen and oxygen atoms in total. The number of fused-ring (bicyclic) bond motifs is 9. The third-order valence-corrected chi connectivity index (χ3v) is 17.7.